The minimum Gasteiger partial charge on any atom is -0.453 e. The van der Waals surface area contributed by atoms with Crippen molar-refractivity contribution in [3.8, 4) is 0 Å². The lowest BCUT2D eigenvalue weighted by Gasteiger charge is -2.58. The molecule has 2 bridgehead atoms. The van der Waals surface area contributed by atoms with Gasteiger partial charge in [-0.25, -0.2) is 0 Å². The van der Waals surface area contributed by atoms with Crippen LogP contribution in [0.3, 0.4) is 0 Å². The number of ketones is 1. The summed E-state index contributed by atoms with van der Waals surface area (Å²) < 4.78 is 17.2. The predicted octanol–water partition coefficient (Wildman–Crippen LogP) is -0.267. The summed E-state index contributed by atoms with van der Waals surface area (Å²) in [6, 6.07) is 0. The molecule has 1 saturated carbocycles. The molecule has 2 aliphatic carbocycles. The summed E-state index contributed by atoms with van der Waals surface area (Å²) in [4.78, 5) is 24.4. The minimum absolute atomic E-state index is 0.312. The van der Waals surface area contributed by atoms with E-state index in [1.807, 2.05) is 6.92 Å². The average molecular weight is 338 g/mol. The number of hydrogen-bond acceptors (Lipinski definition) is 7. The van der Waals surface area contributed by atoms with Crippen molar-refractivity contribution in [1.82, 2.24) is 0 Å². The fraction of sp³-hybridized carbons (Fsp3) is 0.765. The molecule has 0 aromatic rings. The van der Waals surface area contributed by atoms with Gasteiger partial charge in [0.25, 0.3) is 0 Å². The zero-order chi connectivity index (χ0) is 17.5. The second-order valence-corrected chi connectivity index (χ2v) is 7.66. The largest absolute Gasteiger partial charge is 0.453 e. The Morgan fingerprint density at radius 3 is 2.71 bits per heavy atom. The van der Waals surface area contributed by atoms with Crippen molar-refractivity contribution in [2.75, 3.05) is 13.2 Å². The lowest BCUT2D eigenvalue weighted by Crippen LogP contribution is -2.71. The van der Waals surface area contributed by atoms with Gasteiger partial charge in [0.05, 0.1) is 30.8 Å². The normalized spacial score (nSPS) is 52.0. The third kappa shape index (κ3) is 1.57. The smallest absolute Gasteiger partial charge is 0.303 e. The summed E-state index contributed by atoms with van der Waals surface area (Å²) in [5, 5.41) is 20.9. The molecule has 0 aromatic carbocycles. The Morgan fingerprint density at radius 1 is 1.50 bits per heavy atom. The molecule has 132 valence electrons. The van der Waals surface area contributed by atoms with Gasteiger partial charge >= 0.3 is 5.97 Å². The molecule has 2 heterocycles. The van der Waals surface area contributed by atoms with Crippen molar-refractivity contribution in [1.29, 1.82) is 0 Å². The molecule has 0 unspecified atom stereocenters. The second kappa shape index (κ2) is 4.66. The highest BCUT2D eigenvalue weighted by molar-refractivity contribution is 6.01. The van der Waals surface area contributed by atoms with E-state index in [1.54, 1.807) is 13.0 Å². The van der Waals surface area contributed by atoms with Gasteiger partial charge in [-0.2, -0.15) is 0 Å². The van der Waals surface area contributed by atoms with Crippen LogP contribution >= 0.6 is 0 Å². The fourth-order valence-corrected chi connectivity index (χ4v) is 5.31. The molecule has 2 aliphatic heterocycles. The summed E-state index contributed by atoms with van der Waals surface area (Å²) >= 11 is 0. The van der Waals surface area contributed by atoms with E-state index in [2.05, 4.69) is 0 Å². The Labute approximate surface area is 139 Å². The van der Waals surface area contributed by atoms with Crippen molar-refractivity contribution in [2.24, 2.45) is 10.8 Å². The van der Waals surface area contributed by atoms with Gasteiger partial charge in [0.1, 0.15) is 11.7 Å². The van der Waals surface area contributed by atoms with E-state index in [9.17, 15) is 19.8 Å². The van der Waals surface area contributed by atoms with E-state index >= 15 is 0 Å². The number of Topliss-reactive ketones (excluding diaryl/α,β-unsaturated/α-hetero) is 1. The molecular formula is C17H22O7. The van der Waals surface area contributed by atoms with Crippen LogP contribution < -0.4 is 0 Å². The molecule has 0 amide bonds. The van der Waals surface area contributed by atoms with Crippen molar-refractivity contribution in [3.05, 3.63) is 11.6 Å². The summed E-state index contributed by atoms with van der Waals surface area (Å²) in [5.74, 6) is -0.930. The van der Waals surface area contributed by atoms with Crippen LogP contribution in [-0.4, -0.2) is 65.2 Å². The molecule has 24 heavy (non-hydrogen) atoms. The van der Waals surface area contributed by atoms with E-state index in [1.165, 1.54) is 6.92 Å². The molecule has 3 fully saturated rings. The monoisotopic (exact) mass is 338 g/mol. The first-order valence-electron chi connectivity index (χ1n) is 8.22. The van der Waals surface area contributed by atoms with E-state index in [-0.39, 0.29) is 5.78 Å². The van der Waals surface area contributed by atoms with Crippen LogP contribution in [0.5, 0.6) is 0 Å². The van der Waals surface area contributed by atoms with Gasteiger partial charge in [0.15, 0.2) is 11.9 Å². The molecule has 0 aromatic heterocycles. The lowest BCUT2D eigenvalue weighted by molar-refractivity contribution is -0.248. The zero-order valence-corrected chi connectivity index (χ0v) is 13.9. The van der Waals surface area contributed by atoms with Crippen LogP contribution in [0.25, 0.3) is 0 Å². The molecule has 4 rings (SSSR count). The Kier molecular flexibility index (Phi) is 3.15. The van der Waals surface area contributed by atoms with Crippen LogP contribution in [0.15, 0.2) is 11.6 Å². The third-order valence-electron chi connectivity index (χ3n) is 6.69. The Balaban J connectivity index is 1.93. The molecule has 7 nitrogen and oxygen atoms in total. The molecule has 2 saturated heterocycles. The maximum absolute atomic E-state index is 12.8. The highest BCUT2D eigenvalue weighted by atomic mass is 16.6. The number of epoxide rings is 1. The number of hydrogen-bond donors (Lipinski definition) is 2. The third-order valence-corrected chi connectivity index (χ3v) is 6.69. The summed E-state index contributed by atoms with van der Waals surface area (Å²) in [6.07, 6.45) is -1.07. The Bertz CT molecular complexity index is 651. The van der Waals surface area contributed by atoms with Crippen molar-refractivity contribution >= 4 is 11.8 Å². The molecule has 2 N–H and O–H groups in total. The Morgan fingerprint density at radius 2 is 2.17 bits per heavy atom. The van der Waals surface area contributed by atoms with E-state index in [0.717, 1.165) is 0 Å². The number of fused-ring (bicyclic) bond motifs is 2. The maximum Gasteiger partial charge on any atom is 0.303 e. The van der Waals surface area contributed by atoms with Crippen LogP contribution in [0.2, 0.25) is 0 Å². The fourth-order valence-electron chi connectivity index (χ4n) is 5.31. The zero-order valence-electron chi connectivity index (χ0n) is 13.9. The number of carbonyl (C=O) groups is 2. The first kappa shape index (κ1) is 16.2. The van der Waals surface area contributed by atoms with E-state index in [4.69, 9.17) is 14.2 Å². The Hall–Kier alpha value is -1.28. The van der Waals surface area contributed by atoms with Crippen LogP contribution in [0, 0.1) is 10.8 Å². The van der Waals surface area contributed by atoms with Crippen LogP contribution in [0.4, 0.5) is 0 Å². The quantitative estimate of drug-likeness (QED) is 0.527. The molecule has 7 atom stereocenters. The highest BCUT2D eigenvalue weighted by Crippen LogP contribution is 2.71. The van der Waals surface area contributed by atoms with Crippen molar-refractivity contribution < 1.29 is 34.0 Å². The van der Waals surface area contributed by atoms with Gasteiger partial charge in [-0.05, 0) is 25.0 Å². The van der Waals surface area contributed by atoms with Gasteiger partial charge < -0.3 is 24.4 Å². The van der Waals surface area contributed by atoms with Crippen molar-refractivity contribution in [2.45, 2.75) is 57.2 Å². The topological polar surface area (TPSA) is 106 Å². The number of esters is 1. The molecule has 1 spiro atoms. The number of ether oxygens (including phenoxy) is 3. The number of carbonyl (C=O) groups excluding carboxylic acids is 2. The number of aliphatic hydroxyl groups excluding tert-OH is 2. The van der Waals surface area contributed by atoms with Gasteiger partial charge in [-0.15, -0.1) is 0 Å². The minimum atomic E-state index is -1.18. The number of aliphatic hydroxyl groups is 2. The first-order chi connectivity index (χ1) is 11.2. The van der Waals surface area contributed by atoms with Crippen molar-refractivity contribution in [3.63, 3.8) is 0 Å². The standard InChI is InChI=1S/C17H22O7/c1-8-4-11-16(6-18,14(12(8)21)23-9(2)19)15(3)5-10(20)13(24-11)17(15)7-22-17/h4,10-11,13-14,18,20H,5-7H2,1-3H3/t10-,11-,13-,14-,15-,16-,17+/m1/s1. The second-order valence-electron chi connectivity index (χ2n) is 7.66. The molecular weight excluding hydrogens is 316 g/mol. The molecule has 4 aliphatic rings. The molecule has 0 radical (unpaired) electrons. The van der Waals surface area contributed by atoms with Gasteiger partial charge in [-0.1, -0.05) is 6.92 Å². The summed E-state index contributed by atoms with van der Waals surface area (Å²) in [6.45, 7) is 4.76. The van der Waals surface area contributed by atoms with Gasteiger partial charge in [0, 0.05) is 12.3 Å². The predicted molar refractivity (Wildman–Crippen MR) is 79.9 cm³/mol. The highest BCUT2D eigenvalue weighted by Gasteiger charge is 2.83. The van der Waals surface area contributed by atoms with Gasteiger partial charge in [0.2, 0.25) is 0 Å². The van der Waals surface area contributed by atoms with E-state index < -0.39 is 53.4 Å². The average Bonchev–Trinajstić information content (AvgIpc) is 3.27. The summed E-state index contributed by atoms with van der Waals surface area (Å²) in [5.41, 5.74) is -2.25. The van der Waals surface area contributed by atoms with E-state index in [0.29, 0.717) is 18.6 Å². The molecule has 7 heteroatoms. The number of rotatable bonds is 2. The van der Waals surface area contributed by atoms with Crippen LogP contribution in [-0.2, 0) is 23.8 Å². The van der Waals surface area contributed by atoms with Gasteiger partial charge in [-0.3, -0.25) is 9.59 Å². The maximum atomic E-state index is 12.8. The lowest BCUT2D eigenvalue weighted by atomic mass is 9.50. The van der Waals surface area contributed by atoms with Crippen LogP contribution in [0.1, 0.15) is 27.2 Å². The first-order valence-corrected chi connectivity index (χ1v) is 8.22. The SMILES string of the molecule is CC(=O)O[C@@H]1C(=O)C(C)=C[C@H]2O[C@@H]3[C@H](O)C[C@](C)([C@@]12CO)[C@]31CO1. The summed E-state index contributed by atoms with van der Waals surface area (Å²) in [7, 11) is 0.